The molecule has 0 fully saturated rings. The average molecular weight is 294 g/mol. The fourth-order valence-corrected chi connectivity index (χ4v) is 2.77. The molecule has 0 radical (unpaired) electrons. The van der Waals surface area contributed by atoms with Crippen molar-refractivity contribution >= 4 is 28.8 Å². The highest BCUT2D eigenvalue weighted by atomic mass is 32.1. The second-order valence-electron chi connectivity index (χ2n) is 4.07. The second kappa shape index (κ2) is 6.58. The van der Waals surface area contributed by atoms with Crippen LogP contribution in [0.5, 0.6) is 0 Å². The molecule has 100 valence electrons. The van der Waals surface area contributed by atoms with Crippen molar-refractivity contribution in [1.82, 2.24) is 9.59 Å². The maximum atomic E-state index is 12.0. The first-order chi connectivity index (χ1) is 9.22. The van der Waals surface area contributed by atoms with Gasteiger partial charge >= 0.3 is 5.97 Å². The number of nitrogens with zero attached hydrogens (tertiary/aromatic N) is 2. The molecule has 0 bridgehead atoms. The van der Waals surface area contributed by atoms with E-state index in [-0.39, 0.29) is 5.97 Å². The van der Waals surface area contributed by atoms with E-state index in [0.29, 0.717) is 23.1 Å². The number of aromatic nitrogens is 2. The SMILES string of the molecule is C=C[C@H](C)CCOC(=O)c1snnc1-c1cccs1. The first kappa shape index (κ1) is 13.9. The normalized spacial score (nSPS) is 12.1. The quantitative estimate of drug-likeness (QED) is 0.603. The van der Waals surface area contributed by atoms with Gasteiger partial charge in [0.1, 0.15) is 5.69 Å². The molecular weight excluding hydrogens is 280 g/mol. The van der Waals surface area contributed by atoms with E-state index >= 15 is 0 Å². The van der Waals surface area contributed by atoms with Gasteiger partial charge in [-0.15, -0.1) is 23.0 Å². The highest BCUT2D eigenvalue weighted by molar-refractivity contribution is 7.14. The summed E-state index contributed by atoms with van der Waals surface area (Å²) in [5, 5.41) is 5.94. The Hall–Kier alpha value is -1.53. The van der Waals surface area contributed by atoms with Crippen LogP contribution < -0.4 is 0 Å². The van der Waals surface area contributed by atoms with E-state index in [1.165, 1.54) is 11.3 Å². The minimum absolute atomic E-state index is 0.337. The zero-order chi connectivity index (χ0) is 13.7. The van der Waals surface area contributed by atoms with Crippen LogP contribution in [-0.2, 0) is 4.74 Å². The van der Waals surface area contributed by atoms with Crippen molar-refractivity contribution in [3.63, 3.8) is 0 Å². The largest absolute Gasteiger partial charge is 0.461 e. The van der Waals surface area contributed by atoms with Gasteiger partial charge in [0.05, 0.1) is 11.5 Å². The number of rotatable bonds is 6. The van der Waals surface area contributed by atoms with Gasteiger partial charge in [-0.1, -0.05) is 23.6 Å². The van der Waals surface area contributed by atoms with E-state index in [2.05, 4.69) is 16.2 Å². The molecule has 2 heterocycles. The number of carbonyl (C=O) groups excluding carboxylic acids is 1. The predicted octanol–water partition coefficient (Wildman–Crippen LogP) is 3.64. The number of allylic oxidation sites excluding steroid dienone is 1. The molecular formula is C13H14N2O2S2. The highest BCUT2D eigenvalue weighted by Gasteiger charge is 2.19. The Kier molecular flexibility index (Phi) is 4.81. The van der Waals surface area contributed by atoms with Gasteiger partial charge in [0, 0.05) is 0 Å². The Morgan fingerprint density at radius 3 is 3.16 bits per heavy atom. The van der Waals surface area contributed by atoms with Gasteiger partial charge in [0.2, 0.25) is 0 Å². The van der Waals surface area contributed by atoms with Crippen LogP contribution in [0.2, 0.25) is 0 Å². The second-order valence-corrected chi connectivity index (χ2v) is 5.77. The van der Waals surface area contributed by atoms with Crippen molar-refractivity contribution in [2.75, 3.05) is 6.61 Å². The van der Waals surface area contributed by atoms with Crippen molar-refractivity contribution in [1.29, 1.82) is 0 Å². The molecule has 0 aliphatic heterocycles. The van der Waals surface area contributed by atoms with Crippen molar-refractivity contribution in [3.05, 3.63) is 35.0 Å². The van der Waals surface area contributed by atoms with Crippen LogP contribution in [0.15, 0.2) is 30.2 Å². The molecule has 0 aliphatic carbocycles. The molecule has 2 rings (SSSR count). The summed E-state index contributed by atoms with van der Waals surface area (Å²) in [6, 6.07) is 3.83. The molecule has 2 aromatic rings. The molecule has 0 N–H and O–H groups in total. The first-order valence-electron chi connectivity index (χ1n) is 5.88. The minimum Gasteiger partial charge on any atom is -0.461 e. The van der Waals surface area contributed by atoms with Gasteiger partial charge in [-0.3, -0.25) is 0 Å². The standard InChI is InChI=1S/C13H14N2O2S2/c1-3-9(2)6-7-17-13(16)12-11(14-15-19-12)10-5-4-8-18-10/h3-5,8-9H,1,6-7H2,2H3/t9-/m0/s1. The highest BCUT2D eigenvalue weighted by Crippen LogP contribution is 2.28. The van der Waals surface area contributed by atoms with Crippen molar-refractivity contribution < 1.29 is 9.53 Å². The van der Waals surface area contributed by atoms with Gasteiger partial charge in [0.15, 0.2) is 4.88 Å². The van der Waals surface area contributed by atoms with Gasteiger partial charge in [-0.25, -0.2) is 4.79 Å². The Bertz CT molecular complexity index is 549. The lowest BCUT2D eigenvalue weighted by Gasteiger charge is -2.06. The Labute approximate surface area is 119 Å². The maximum absolute atomic E-state index is 12.0. The fourth-order valence-electron chi connectivity index (χ4n) is 1.42. The molecule has 0 saturated heterocycles. The molecule has 2 aromatic heterocycles. The van der Waals surface area contributed by atoms with Crippen LogP contribution in [0.1, 0.15) is 23.0 Å². The van der Waals surface area contributed by atoms with Crippen molar-refractivity contribution in [3.8, 4) is 10.6 Å². The summed E-state index contributed by atoms with van der Waals surface area (Å²) < 4.78 is 9.09. The van der Waals surface area contributed by atoms with Gasteiger partial charge in [-0.2, -0.15) is 0 Å². The monoisotopic (exact) mass is 294 g/mol. The lowest BCUT2D eigenvalue weighted by atomic mass is 10.1. The Balaban J connectivity index is 2.00. The number of hydrogen-bond donors (Lipinski definition) is 0. The summed E-state index contributed by atoms with van der Waals surface area (Å²) in [4.78, 5) is 13.4. The molecule has 0 unspecified atom stereocenters. The van der Waals surface area contributed by atoms with E-state index < -0.39 is 0 Å². The van der Waals surface area contributed by atoms with Crippen molar-refractivity contribution in [2.45, 2.75) is 13.3 Å². The van der Waals surface area contributed by atoms with E-state index in [9.17, 15) is 4.79 Å². The van der Waals surface area contributed by atoms with Crippen LogP contribution >= 0.6 is 22.9 Å². The van der Waals surface area contributed by atoms with E-state index in [1.807, 2.05) is 30.5 Å². The number of hydrogen-bond acceptors (Lipinski definition) is 6. The first-order valence-corrected chi connectivity index (χ1v) is 7.53. The Morgan fingerprint density at radius 1 is 1.63 bits per heavy atom. The molecule has 4 nitrogen and oxygen atoms in total. The minimum atomic E-state index is -0.352. The molecule has 19 heavy (non-hydrogen) atoms. The summed E-state index contributed by atoms with van der Waals surface area (Å²) >= 11 is 2.60. The predicted molar refractivity (Wildman–Crippen MR) is 77.5 cm³/mol. The number of carbonyl (C=O) groups is 1. The van der Waals surface area contributed by atoms with Gasteiger partial charge in [0.25, 0.3) is 0 Å². The summed E-state index contributed by atoms with van der Waals surface area (Å²) in [6.07, 6.45) is 2.62. The molecule has 0 spiro atoms. The lowest BCUT2D eigenvalue weighted by Crippen LogP contribution is -2.07. The summed E-state index contributed by atoms with van der Waals surface area (Å²) in [6.45, 7) is 6.12. The van der Waals surface area contributed by atoms with Gasteiger partial charge < -0.3 is 4.74 Å². The van der Waals surface area contributed by atoms with Crippen LogP contribution in [0.25, 0.3) is 10.6 Å². The van der Waals surface area contributed by atoms with E-state index in [1.54, 1.807) is 0 Å². The summed E-state index contributed by atoms with van der Waals surface area (Å²) in [5.74, 6) is -0.0150. The van der Waals surface area contributed by atoms with E-state index in [0.717, 1.165) is 22.8 Å². The molecule has 6 heteroatoms. The maximum Gasteiger partial charge on any atom is 0.352 e. The molecule has 0 aromatic carbocycles. The molecule has 0 saturated carbocycles. The molecule has 0 aliphatic rings. The van der Waals surface area contributed by atoms with Crippen LogP contribution in [0.4, 0.5) is 0 Å². The zero-order valence-electron chi connectivity index (χ0n) is 10.5. The number of thiophene rings is 1. The topological polar surface area (TPSA) is 52.1 Å². The van der Waals surface area contributed by atoms with Crippen molar-refractivity contribution in [2.24, 2.45) is 5.92 Å². The summed E-state index contributed by atoms with van der Waals surface area (Å²) in [7, 11) is 0. The third-order valence-corrected chi connectivity index (χ3v) is 4.22. The third-order valence-electron chi connectivity index (χ3n) is 2.64. The third kappa shape index (κ3) is 3.48. The fraction of sp³-hybridized carbons (Fsp3) is 0.308. The molecule has 0 amide bonds. The smallest absolute Gasteiger partial charge is 0.352 e. The Morgan fingerprint density at radius 2 is 2.47 bits per heavy atom. The zero-order valence-corrected chi connectivity index (χ0v) is 12.2. The number of ether oxygens (including phenoxy) is 1. The lowest BCUT2D eigenvalue weighted by molar-refractivity contribution is 0.0498. The van der Waals surface area contributed by atoms with E-state index in [4.69, 9.17) is 4.74 Å². The van der Waals surface area contributed by atoms with Crippen LogP contribution in [-0.4, -0.2) is 22.2 Å². The number of esters is 1. The van der Waals surface area contributed by atoms with Gasteiger partial charge in [-0.05, 0) is 35.3 Å². The van der Waals surface area contributed by atoms with Crippen LogP contribution in [0, 0.1) is 5.92 Å². The average Bonchev–Trinajstić information content (AvgIpc) is 3.08. The van der Waals surface area contributed by atoms with Crippen LogP contribution in [0.3, 0.4) is 0 Å². The summed E-state index contributed by atoms with van der Waals surface area (Å²) in [5.41, 5.74) is 0.613. The molecule has 1 atom stereocenters.